The van der Waals surface area contributed by atoms with Gasteiger partial charge in [0.05, 0.1) is 5.41 Å². The number of carbonyl (C=O) groups is 1. The molecule has 1 aliphatic heterocycles. The third kappa shape index (κ3) is 3.55. The number of hydrogen-bond donors (Lipinski definition) is 1. The predicted molar refractivity (Wildman–Crippen MR) is 100 cm³/mol. The van der Waals surface area contributed by atoms with Gasteiger partial charge in [-0.25, -0.2) is 5.01 Å². The second kappa shape index (κ2) is 6.23. The highest BCUT2D eigenvalue weighted by molar-refractivity contribution is 5.88. The van der Waals surface area contributed by atoms with Gasteiger partial charge in [-0.15, -0.1) is 0 Å². The van der Waals surface area contributed by atoms with Crippen LogP contribution in [-0.4, -0.2) is 23.6 Å². The number of nitrogens with zero attached hydrogens (tertiary/aromatic N) is 1. The molecule has 0 spiro atoms. The van der Waals surface area contributed by atoms with Crippen LogP contribution in [0.1, 0.15) is 51.8 Å². The van der Waals surface area contributed by atoms with Gasteiger partial charge in [0.1, 0.15) is 6.04 Å². The highest BCUT2D eigenvalue weighted by Crippen LogP contribution is 2.45. The number of rotatable bonds is 2. The van der Waals surface area contributed by atoms with E-state index in [-0.39, 0.29) is 12.1 Å². The van der Waals surface area contributed by atoms with E-state index >= 15 is 0 Å². The molecule has 0 saturated carbocycles. The summed E-state index contributed by atoms with van der Waals surface area (Å²) in [5.74, 6) is -0.394. The third-order valence-corrected chi connectivity index (χ3v) is 5.05. The van der Waals surface area contributed by atoms with Crippen LogP contribution in [0.5, 0.6) is 0 Å². The zero-order chi connectivity index (χ0) is 20.2. The standard InChI is InChI=1S/C21H25F3N2O/c1-19(2,3)16-14-9-7-6-8-13(14)10-11-15(16)17(21(22,23)24)26-12-20(4,5)18(27)25-26/h6-11,17H,12H2,1-5H3,(H,25,27). The molecule has 3 rings (SSSR count). The van der Waals surface area contributed by atoms with Gasteiger partial charge in [-0.05, 0) is 41.2 Å². The van der Waals surface area contributed by atoms with Gasteiger partial charge in [-0.2, -0.15) is 13.2 Å². The Balaban J connectivity index is 2.25. The van der Waals surface area contributed by atoms with Crippen LogP contribution in [0.3, 0.4) is 0 Å². The number of carbonyl (C=O) groups excluding carboxylic acids is 1. The number of amides is 1. The zero-order valence-corrected chi connectivity index (χ0v) is 16.2. The number of fused-ring (bicyclic) bond motifs is 1. The van der Waals surface area contributed by atoms with Crippen molar-refractivity contribution >= 4 is 16.7 Å². The van der Waals surface area contributed by atoms with Crippen molar-refractivity contribution in [3.05, 3.63) is 47.5 Å². The van der Waals surface area contributed by atoms with Gasteiger partial charge < -0.3 is 0 Å². The van der Waals surface area contributed by atoms with E-state index in [0.29, 0.717) is 5.56 Å². The number of nitrogens with one attached hydrogen (secondary N) is 1. The Morgan fingerprint density at radius 3 is 2.22 bits per heavy atom. The molecule has 3 nitrogen and oxygen atoms in total. The molecular formula is C21H25F3N2O. The maximum Gasteiger partial charge on any atom is 0.409 e. The summed E-state index contributed by atoms with van der Waals surface area (Å²) in [6, 6.07) is 8.85. The first kappa shape index (κ1) is 19.7. The summed E-state index contributed by atoms with van der Waals surface area (Å²) in [4.78, 5) is 12.1. The minimum atomic E-state index is -4.53. The smallest absolute Gasteiger partial charge is 0.287 e. The molecule has 0 bridgehead atoms. The molecule has 27 heavy (non-hydrogen) atoms. The van der Waals surface area contributed by atoms with Crippen LogP contribution in [0.15, 0.2) is 36.4 Å². The Hall–Kier alpha value is -2.08. The molecule has 1 fully saturated rings. The lowest BCUT2D eigenvalue weighted by Crippen LogP contribution is -2.44. The minimum absolute atomic E-state index is 0.00752. The summed E-state index contributed by atoms with van der Waals surface area (Å²) < 4.78 is 42.6. The lowest BCUT2D eigenvalue weighted by Gasteiger charge is -2.34. The number of halogens is 3. The molecule has 146 valence electrons. The highest BCUT2D eigenvalue weighted by Gasteiger charge is 2.52. The van der Waals surface area contributed by atoms with E-state index < -0.39 is 29.0 Å². The van der Waals surface area contributed by atoms with Gasteiger partial charge >= 0.3 is 6.18 Å². The average Bonchev–Trinajstić information content (AvgIpc) is 2.77. The van der Waals surface area contributed by atoms with Gasteiger partial charge in [0.15, 0.2) is 0 Å². The van der Waals surface area contributed by atoms with Crippen LogP contribution in [0.25, 0.3) is 10.8 Å². The van der Waals surface area contributed by atoms with E-state index in [1.807, 2.05) is 45.0 Å². The average molecular weight is 378 g/mol. The second-order valence-electron chi connectivity index (χ2n) is 8.90. The molecule has 1 heterocycles. The summed E-state index contributed by atoms with van der Waals surface area (Å²) in [5.41, 5.74) is 1.92. The fraction of sp³-hybridized carbons (Fsp3) is 0.476. The van der Waals surface area contributed by atoms with E-state index in [0.717, 1.165) is 15.8 Å². The lowest BCUT2D eigenvalue weighted by molar-refractivity contribution is -0.191. The molecule has 1 N–H and O–H groups in total. The molecule has 0 radical (unpaired) electrons. The fourth-order valence-corrected chi connectivity index (χ4v) is 3.85. The molecule has 2 aromatic rings. The first-order chi connectivity index (χ1) is 12.3. The third-order valence-electron chi connectivity index (χ3n) is 5.05. The Morgan fingerprint density at radius 2 is 1.70 bits per heavy atom. The van der Waals surface area contributed by atoms with Crippen molar-refractivity contribution in [3.8, 4) is 0 Å². The van der Waals surface area contributed by atoms with Gasteiger partial charge in [0.25, 0.3) is 0 Å². The van der Waals surface area contributed by atoms with Gasteiger partial charge in [-0.3, -0.25) is 10.2 Å². The number of alkyl halides is 3. The van der Waals surface area contributed by atoms with Gasteiger partial charge in [0, 0.05) is 6.54 Å². The molecule has 2 aromatic carbocycles. The molecular weight excluding hydrogens is 353 g/mol. The summed E-state index contributed by atoms with van der Waals surface area (Å²) in [6.07, 6.45) is -4.53. The summed E-state index contributed by atoms with van der Waals surface area (Å²) in [7, 11) is 0. The molecule has 0 aromatic heterocycles. The topological polar surface area (TPSA) is 32.3 Å². The maximum atomic E-state index is 14.2. The minimum Gasteiger partial charge on any atom is -0.287 e. The van der Waals surface area contributed by atoms with E-state index in [4.69, 9.17) is 0 Å². The molecule has 1 aliphatic rings. The second-order valence-corrected chi connectivity index (χ2v) is 8.90. The van der Waals surface area contributed by atoms with Crippen LogP contribution in [0, 0.1) is 5.41 Å². The SMILES string of the molecule is CC1(C)CN(C(c2ccc3ccccc3c2C(C)(C)C)C(F)(F)F)NC1=O. The molecule has 1 saturated heterocycles. The molecule has 1 unspecified atom stereocenters. The molecule has 1 amide bonds. The van der Waals surface area contributed by atoms with Crippen molar-refractivity contribution in [2.45, 2.75) is 52.3 Å². The highest BCUT2D eigenvalue weighted by atomic mass is 19.4. The predicted octanol–water partition coefficient (Wildman–Crippen LogP) is 5.11. The summed E-state index contributed by atoms with van der Waals surface area (Å²) in [6.45, 7) is 9.04. The largest absolute Gasteiger partial charge is 0.409 e. The van der Waals surface area contributed by atoms with Crippen LogP contribution in [0.2, 0.25) is 0 Å². The van der Waals surface area contributed by atoms with Crippen molar-refractivity contribution in [1.82, 2.24) is 10.4 Å². The van der Waals surface area contributed by atoms with Crippen molar-refractivity contribution in [1.29, 1.82) is 0 Å². The van der Waals surface area contributed by atoms with Crippen LogP contribution < -0.4 is 5.43 Å². The number of hydrazine groups is 1. The Kier molecular flexibility index (Phi) is 4.54. The van der Waals surface area contributed by atoms with Crippen LogP contribution in [-0.2, 0) is 10.2 Å². The zero-order valence-electron chi connectivity index (χ0n) is 16.2. The van der Waals surface area contributed by atoms with Crippen molar-refractivity contribution in [2.24, 2.45) is 5.41 Å². The van der Waals surface area contributed by atoms with Gasteiger partial charge in [0.2, 0.25) is 5.91 Å². The van der Waals surface area contributed by atoms with Crippen LogP contribution >= 0.6 is 0 Å². The van der Waals surface area contributed by atoms with Crippen molar-refractivity contribution in [3.63, 3.8) is 0 Å². The van der Waals surface area contributed by atoms with Crippen molar-refractivity contribution in [2.75, 3.05) is 6.54 Å². The van der Waals surface area contributed by atoms with E-state index in [1.165, 1.54) is 0 Å². The van der Waals surface area contributed by atoms with Gasteiger partial charge in [-0.1, -0.05) is 57.2 Å². The fourth-order valence-electron chi connectivity index (χ4n) is 3.85. The Labute approximate surface area is 157 Å². The first-order valence-corrected chi connectivity index (χ1v) is 8.99. The monoisotopic (exact) mass is 378 g/mol. The molecule has 6 heteroatoms. The van der Waals surface area contributed by atoms with Crippen molar-refractivity contribution < 1.29 is 18.0 Å². The first-order valence-electron chi connectivity index (χ1n) is 8.99. The Bertz CT molecular complexity index is 881. The molecule has 0 aliphatic carbocycles. The summed E-state index contributed by atoms with van der Waals surface area (Å²) in [5, 5.41) is 2.75. The maximum absolute atomic E-state index is 14.2. The quantitative estimate of drug-likeness (QED) is 0.787. The summed E-state index contributed by atoms with van der Waals surface area (Å²) >= 11 is 0. The normalized spacial score (nSPS) is 19.3. The van der Waals surface area contributed by atoms with E-state index in [1.54, 1.807) is 26.0 Å². The molecule has 1 atom stereocenters. The van der Waals surface area contributed by atoms with E-state index in [2.05, 4.69) is 5.43 Å². The lowest BCUT2D eigenvalue weighted by atomic mass is 9.78. The number of benzene rings is 2. The Morgan fingerprint density at radius 1 is 1.07 bits per heavy atom. The number of hydrogen-bond acceptors (Lipinski definition) is 2. The van der Waals surface area contributed by atoms with E-state index in [9.17, 15) is 18.0 Å². The van der Waals surface area contributed by atoms with Crippen LogP contribution in [0.4, 0.5) is 13.2 Å².